The van der Waals surface area contributed by atoms with Gasteiger partial charge in [-0.2, -0.15) is 0 Å². The van der Waals surface area contributed by atoms with Crippen LogP contribution in [0.15, 0.2) is 33.5 Å². The van der Waals surface area contributed by atoms with E-state index in [4.69, 9.17) is 4.42 Å². The van der Waals surface area contributed by atoms with E-state index in [1.807, 2.05) is 39.0 Å². The maximum atomic E-state index is 11.6. The fourth-order valence-corrected chi connectivity index (χ4v) is 1.55. The summed E-state index contributed by atoms with van der Waals surface area (Å²) in [6.45, 7) is 6.48. The molecule has 0 saturated carbocycles. The molecule has 2 rings (SSSR count). The Kier molecular flexibility index (Phi) is 2.81. The van der Waals surface area contributed by atoms with Crippen molar-refractivity contribution in [2.24, 2.45) is 5.41 Å². The molecular weight excluding hydrogens is 214 g/mol. The largest absolute Gasteiger partial charge is 0.420 e. The van der Waals surface area contributed by atoms with Crippen molar-refractivity contribution in [2.75, 3.05) is 0 Å². The van der Waals surface area contributed by atoms with Crippen molar-refractivity contribution in [2.45, 2.75) is 27.3 Å². The predicted molar refractivity (Wildman–Crippen MR) is 67.7 cm³/mol. The van der Waals surface area contributed by atoms with Gasteiger partial charge in [0.2, 0.25) is 0 Å². The first-order chi connectivity index (χ1) is 7.97. The Balaban J connectivity index is 2.39. The number of rotatable bonds is 1. The first kappa shape index (κ1) is 11.5. The minimum Gasteiger partial charge on any atom is -0.408 e. The Morgan fingerprint density at radius 1 is 1.29 bits per heavy atom. The lowest BCUT2D eigenvalue weighted by atomic mass is 9.98. The Morgan fingerprint density at radius 3 is 2.71 bits per heavy atom. The van der Waals surface area contributed by atoms with E-state index in [1.54, 1.807) is 10.6 Å². The third kappa shape index (κ3) is 2.59. The summed E-state index contributed by atoms with van der Waals surface area (Å²) in [6, 6.07) is 7.37. The molecule has 1 heterocycles. The van der Waals surface area contributed by atoms with Crippen LogP contribution < -0.4 is 5.76 Å². The van der Waals surface area contributed by atoms with E-state index in [2.05, 4.69) is 11.8 Å². The molecular formula is C14H15NO2. The second kappa shape index (κ2) is 4.14. The van der Waals surface area contributed by atoms with Gasteiger partial charge in [-0.1, -0.05) is 24.0 Å². The normalized spacial score (nSPS) is 11.2. The highest BCUT2D eigenvalue weighted by Gasteiger charge is 2.07. The molecule has 17 heavy (non-hydrogen) atoms. The Bertz CT molecular complexity index is 644. The molecule has 0 atom stereocenters. The Hall–Kier alpha value is -1.95. The molecule has 1 aromatic heterocycles. The SMILES string of the molecule is CC(C)(C)C#CCn1c(=O)oc2ccccc21. The van der Waals surface area contributed by atoms with Crippen molar-refractivity contribution in [1.29, 1.82) is 0 Å². The van der Waals surface area contributed by atoms with Gasteiger partial charge >= 0.3 is 5.76 Å². The maximum Gasteiger partial charge on any atom is 0.420 e. The number of hydrogen-bond acceptors (Lipinski definition) is 2. The monoisotopic (exact) mass is 229 g/mol. The molecule has 2 aromatic rings. The van der Waals surface area contributed by atoms with E-state index in [9.17, 15) is 4.79 Å². The van der Waals surface area contributed by atoms with E-state index in [0.29, 0.717) is 12.1 Å². The number of hydrogen-bond donors (Lipinski definition) is 0. The molecule has 0 aliphatic carbocycles. The van der Waals surface area contributed by atoms with E-state index >= 15 is 0 Å². The van der Waals surface area contributed by atoms with Crippen molar-refractivity contribution in [3.05, 3.63) is 34.8 Å². The average molecular weight is 229 g/mol. The second-order valence-corrected chi connectivity index (χ2v) is 4.97. The van der Waals surface area contributed by atoms with Crippen molar-refractivity contribution in [3.63, 3.8) is 0 Å². The molecule has 0 fully saturated rings. The third-order valence-corrected chi connectivity index (χ3v) is 2.27. The van der Waals surface area contributed by atoms with Gasteiger partial charge in [0.1, 0.15) is 0 Å². The molecule has 0 radical (unpaired) electrons. The van der Waals surface area contributed by atoms with Crippen LogP contribution in [0.2, 0.25) is 0 Å². The highest BCUT2D eigenvalue weighted by molar-refractivity contribution is 5.72. The summed E-state index contributed by atoms with van der Waals surface area (Å²) in [5, 5.41) is 0. The van der Waals surface area contributed by atoms with Crippen LogP contribution >= 0.6 is 0 Å². The van der Waals surface area contributed by atoms with Crippen LogP contribution in [0.25, 0.3) is 11.1 Å². The van der Waals surface area contributed by atoms with E-state index in [-0.39, 0.29) is 11.2 Å². The molecule has 3 nitrogen and oxygen atoms in total. The quantitative estimate of drug-likeness (QED) is 0.705. The summed E-state index contributed by atoms with van der Waals surface area (Å²) in [6.07, 6.45) is 0. The van der Waals surface area contributed by atoms with Crippen LogP contribution in [0.5, 0.6) is 0 Å². The lowest BCUT2D eigenvalue weighted by Gasteiger charge is -2.06. The molecule has 3 heteroatoms. The second-order valence-electron chi connectivity index (χ2n) is 4.97. The zero-order valence-electron chi connectivity index (χ0n) is 10.3. The summed E-state index contributed by atoms with van der Waals surface area (Å²) in [5.74, 6) is 5.76. The van der Waals surface area contributed by atoms with Crippen LogP contribution in [-0.2, 0) is 6.54 Å². The summed E-state index contributed by atoms with van der Waals surface area (Å²) in [4.78, 5) is 11.6. The number of benzene rings is 1. The Morgan fingerprint density at radius 2 is 2.00 bits per heavy atom. The Labute approximate surface area is 100 Å². The number of para-hydroxylation sites is 2. The van der Waals surface area contributed by atoms with Gasteiger partial charge in [-0.05, 0) is 32.9 Å². The van der Waals surface area contributed by atoms with Gasteiger partial charge in [0.05, 0.1) is 12.1 Å². The minimum absolute atomic E-state index is 0.0524. The molecule has 0 aliphatic rings. The third-order valence-electron chi connectivity index (χ3n) is 2.27. The zero-order chi connectivity index (χ0) is 12.5. The topological polar surface area (TPSA) is 35.1 Å². The smallest absolute Gasteiger partial charge is 0.408 e. The van der Waals surface area contributed by atoms with Gasteiger partial charge < -0.3 is 4.42 Å². The highest BCUT2D eigenvalue weighted by atomic mass is 16.4. The summed E-state index contributed by atoms with van der Waals surface area (Å²) in [7, 11) is 0. The first-order valence-corrected chi connectivity index (χ1v) is 5.56. The lowest BCUT2D eigenvalue weighted by molar-refractivity contribution is 0.520. The lowest BCUT2D eigenvalue weighted by Crippen LogP contribution is -2.13. The van der Waals surface area contributed by atoms with Crippen LogP contribution in [0.4, 0.5) is 0 Å². The van der Waals surface area contributed by atoms with Gasteiger partial charge in [-0.25, -0.2) is 4.79 Å². The standard InChI is InChI=1S/C14H15NO2/c1-14(2,3)9-6-10-15-11-7-4-5-8-12(11)17-13(15)16/h4-5,7-8H,10H2,1-3H3. The fraction of sp³-hybridized carbons (Fsp3) is 0.357. The van der Waals surface area contributed by atoms with Gasteiger partial charge in [0.25, 0.3) is 0 Å². The van der Waals surface area contributed by atoms with Gasteiger partial charge in [-0.15, -0.1) is 0 Å². The molecule has 88 valence electrons. The summed E-state index contributed by atoms with van der Waals surface area (Å²) < 4.78 is 6.67. The zero-order valence-corrected chi connectivity index (χ0v) is 10.3. The average Bonchev–Trinajstić information content (AvgIpc) is 2.54. The van der Waals surface area contributed by atoms with Crippen LogP contribution in [-0.4, -0.2) is 4.57 Å². The molecule has 0 aliphatic heterocycles. The van der Waals surface area contributed by atoms with E-state index in [0.717, 1.165) is 5.52 Å². The number of oxazole rings is 1. The summed E-state index contributed by atoms with van der Waals surface area (Å²) >= 11 is 0. The van der Waals surface area contributed by atoms with Crippen molar-refractivity contribution in [3.8, 4) is 11.8 Å². The van der Waals surface area contributed by atoms with E-state index in [1.165, 1.54) is 0 Å². The molecule has 0 spiro atoms. The molecule has 0 saturated heterocycles. The van der Waals surface area contributed by atoms with Gasteiger partial charge in [0.15, 0.2) is 5.58 Å². The van der Waals surface area contributed by atoms with Crippen LogP contribution in [0.1, 0.15) is 20.8 Å². The van der Waals surface area contributed by atoms with Crippen molar-refractivity contribution in [1.82, 2.24) is 4.57 Å². The molecule has 1 aromatic carbocycles. The van der Waals surface area contributed by atoms with Crippen LogP contribution in [0.3, 0.4) is 0 Å². The fourth-order valence-electron chi connectivity index (χ4n) is 1.55. The highest BCUT2D eigenvalue weighted by Crippen LogP contribution is 2.12. The van der Waals surface area contributed by atoms with Crippen molar-refractivity contribution >= 4 is 11.1 Å². The van der Waals surface area contributed by atoms with Crippen molar-refractivity contribution < 1.29 is 4.42 Å². The molecule has 0 N–H and O–H groups in total. The molecule has 0 bridgehead atoms. The van der Waals surface area contributed by atoms with Gasteiger partial charge in [0, 0.05) is 5.41 Å². The summed E-state index contributed by atoms with van der Waals surface area (Å²) in [5.41, 5.74) is 1.35. The molecule has 0 unspecified atom stereocenters. The van der Waals surface area contributed by atoms with E-state index < -0.39 is 0 Å². The first-order valence-electron chi connectivity index (χ1n) is 5.56. The number of fused-ring (bicyclic) bond motifs is 1. The number of nitrogens with zero attached hydrogens (tertiary/aromatic N) is 1. The van der Waals surface area contributed by atoms with Crippen LogP contribution in [0, 0.1) is 17.3 Å². The van der Waals surface area contributed by atoms with Gasteiger partial charge in [-0.3, -0.25) is 4.57 Å². The number of aromatic nitrogens is 1. The molecule has 0 amide bonds. The predicted octanol–water partition coefficient (Wildman–Crippen LogP) is 2.64. The minimum atomic E-state index is -0.352. The maximum absolute atomic E-state index is 11.6.